The van der Waals surface area contributed by atoms with Gasteiger partial charge in [-0.15, -0.1) is 0 Å². The Balaban J connectivity index is 1.38. The molecule has 190 valence electrons. The largest absolute Gasteiger partial charge is 0.369 e. The molecule has 0 bridgehead atoms. The van der Waals surface area contributed by atoms with Crippen LogP contribution in [-0.4, -0.2) is 67.8 Å². The Bertz CT molecular complexity index is 1650. The normalized spacial score (nSPS) is 14.1. The predicted molar refractivity (Wildman–Crippen MR) is 148 cm³/mol. The molecule has 10 nitrogen and oxygen atoms in total. The monoisotopic (exact) mass is 525 g/mol. The van der Waals surface area contributed by atoms with Crippen LogP contribution in [0.1, 0.15) is 0 Å². The number of aromatic nitrogens is 6. The van der Waals surface area contributed by atoms with Crippen LogP contribution in [0.25, 0.3) is 28.0 Å². The van der Waals surface area contributed by atoms with E-state index < -0.39 is 5.56 Å². The Morgan fingerprint density at radius 2 is 1.74 bits per heavy atom. The summed E-state index contributed by atoms with van der Waals surface area (Å²) in [5.74, 6) is 0.350. The van der Waals surface area contributed by atoms with Crippen molar-refractivity contribution in [1.82, 2.24) is 34.6 Å². The third kappa shape index (κ3) is 4.67. The van der Waals surface area contributed by atoms with Crippen molar-refractivity contribution in [2.75, 3.05) is 43.4 Å². The van der Waals surface area contributed by atoms with E-state index in [0.29, 0.717) is 38.9 Å². The lowest BCUT2D eigenvalue weighted by atomic mass is 10.2. The first-order valence-corrected chi connectivity index (χ1v) is 12.6. The van der Waals surface area contributed by atoms with Crippen molar-refractivity contribution >= 4 is 39.8 Å². The van der Waals surface area contributed by atoms with E-state index in [1.54, 1.807) is 18.5 Å². The fourth-order valence-corrected chi connectivity index (χ4v) is 4.61. The fraction of sp³-hybridized carbons (Fsp3) is 0.185. The zero-order valence-corrected chi connectivity index (χ0v) is 21.4. The number of nitrogens with one attached hydrogen (secondary N) is 1. The smallest absolute Gasteiger partial charge is 0.282 e. The molecule has 1 aliphatic rings. The lowest BCUT2D eigenvalue weighted by molar-refractivity contribution is 0.313. The number of hydrogen-bond donors (Lipinski definition) is 1. The molecule has 1 fully saturated rings. The van der Waals surface area contributed by atoms with Crippen LogP contribution in [-0.2, 0) is 0 Å². The number of benzene rings is 1. The Labute approximate surface area is 223 Å². The van der Waals surface area contributed by atoms with E-state index in [2.05, 4.69) is 59.3 Å². The molecule has 38 heavy (non-hydrogen) atoms. The van der Waals surface area contributed by atoms with Crippen LogP contribution in [0.2, 0.25) is 5.02 Å². The van der Waals surface area contributed by atoms with Crippen LogP contribution in [0.3, 0.4) is 0 Å². The summed E-state index contributed by atoms with van der Waals surface area (Å²) in [5, 5.41) is 8.47. The molecule has 0 saturated carbocycles. The molecular formula is C27H24ClN9O. The second-order valence-corrected chi connectivity index (χ2v) is 9.43. The number of halogens is 1. The van der Waals surface area contributed by atoms with Crippen LogP contribution >= 0.6 is 11.6 Å². The molecule has 0 radical (unpaired) electrons. The maximum absolute atomic E-state index is 13.4. The number of hydrogen-bond acceptors (Lipinski definition) is 9. The third-order valence-corrected chi connectivity index (χ3v) is 6.81. The lowest BCUT2D eigenvalue weighted by Gasteiger charge is -2.34. The molecule has 5 heterocycles. The van der Waals surface area contributed by atoms with Gasteiger partial charge in [0.05, 0.1) is 21.8 Å². The third-order valence-electron chi connectivity index (χ3n) is 6.51. The number of likely N-dealkylation sites (N-methyl/N-ethyl adjacent to an activating group) is 1. The molecule has 0 atom stereocenters. The number of anilines is 3. The van der Waals surface area contributed by atoms with E-state index in [1.807, 2.05) is 30.3 Å². The molecule has 11 heteroatoms. The van der Waals surface area contributed by atoms with Gasteiger partial charge in [-0.3, -0.25) is 14.8 Å². The van der Waals surface area contributed by atoms with E-state index in [9.17, 15) is 4.79 Å². The van der Waals surface area contributed by atoms with E-state index in [1.165, 1.54) is 22.8 Å². The van der Waals surface area contributed by atoms with Crippen LogP contribution < -0.4 is 15.8 Å². The molecule has 1 N–H and O–H groups in total. The van der Waals surface area contributed by atoms with Crippen molar-refractivity contribution < 1.29 is 0 Å². The highest BCUT2D eigenvalue weighted by Crippen LogP contribution is 2.26. The van der Waals surface area contributed by atoms with Gasteiger partial charge in [-0.25, -0.2) is 9.97 Å². The zero-order valence-electron chi connectivity index (χ0n) is 20.6. The Hall–Kier alpha value is -4.41. The molecular weight excluding hydrogens is 502 g/mol. The highest BCUT2D eigenvalue weighted by Gasteiger charge is 2.19. The molecule has 4 aromatic heterocycles. The first kappa shape index (κ1) is 24.0. The molecule has 0 unspecified atom stereocenters. The second kappa shape index (κ2) is 10.2. The molecule has 1 aliphatic heterocycles. The van der Waals surface area contributed by atoms with Crippen molar-refractivity contribution in [3.8, 4) is 17.1 Å². The molecule has 1 saturated heterocycles. The molecule has 1 aromatic carbocycles. The maximum Gasteiger partial charge on any atom is 0.282 e. The van der Waals surface area contributed by atoms with E-state index in [-0.39, 0.29) is 0 Å². The Kier molecular flexibility index (Phi) is 6.40. The number of fused-ring (bicyclic) bond motifs is 1. The summed E-state index contributed by atoms with van der Waals surface area (Å²) >= 11 is 6.34. The minimum absolute atomic E-state index is 0.296. The first-order valence-electron chi connectivity index (χ1n) is 12.2. The van der Waals surface area contributed by atoms with Gasteiger partial charge >= 0.3 is 0 Å². The average molecular weight is 526 g/mol. The Morgan fingerprint density at radius 3 is 2.47 bits per heavy atom. The van der Waals surface area contributed by atoms with Crippen molar-refractivity contribution in [2.24, 2.45) is 0 Å². The van der Waals surface area contributed by atoms with Gasteiger partial charge in [0.1, 0.15) is 11.2 Å². The molecule has 0 spiro atoms. The standard InChI is InChI=1S/C27H24ClN9O/c1-35-12-14-36(15-13-35)19-7-5-18(6-8-19)32-27-31-16-20-24(33-27)25(22-4-2-3-10-30-22)34-37(26(20)38)23-9-11-29-17-21(23)28/h2-11,16-17H,12-15H2,1H3,(H,31,32,33). The number of pyridine rings is 2. The van der Waals surface area contributed by atoms with Gasteiger partial charge in [0, 0.05) is 62.3 Å². The SMILES string of the molecule is CN1CCN(c2ccc(Nc3ncc4c(=O)n(-c5ccncc5Cl)nc(-c5ccccn5)c4n3)cc2)CC1. The molecule has 6 rings (SSSR count). The van der Waals surface area contributed by atoms with Crippen molar-refractivity contribution in [1.29, 1.82) is 0 Å². The van der Waals surface area contributed by atoms with Gasteiger partial charge in [0.15, 0.2) is 0 Å². The van der Waals surface area contributed by atoms with Gasteiger partial charge in [-0.2, -0.15) is 9.78 Å². The van der Waals surface area contributed by atoms with E-state index in [0.717, 1.165) is 31.9 Å². The average Bonchev–Trinajstić information content (AvgIpc) is 2.95. The van der Waals surface area contributed by atoms with Crippen molar-refractivity contribution in [3.63, 3.8) is 0 Å². The summed E-state index contributed by atoms with van der Waals surface area (Å²) in [6.07, 6.45) is 6.19. The minimum atomic E-state index is -0.393. The van der Waals surface area contributed by atoms with Gasteiger partial charge in [-0.05, 0) is 49.5 Å². The van der Waals surface area contributed by atoms with Crippen molar-refractivity contribution in [3.05, 3.63) is 88.7 Å². The highest BCUT2D eigenvalue weighted by atomic mass is 35.5. The first-order chi connectivity index (χ1) is 18.6. The second-order valence-electron chi connectivity index (χ2n) is 9.03. The summed E-state index contributed by atoms with van der Waals surface area (Å²) in [4.78, 5) is 35.7. The van der Waals surface area contributed by atoms with Crippen LogP contribution in [0.5, 0.6) is 0 Å². The quantitative estimate of drug-likeness (QED) is 0.367. The predicted octanol–water partition coefficient (Wildman–Crippen LogP) is 3.78. The highest BCUT2D eigenvalue weighted by molar-refractivity contribution is 6.32. The molecule has 0 aliphatic carbocycles. The maximum atomic E-state index is 13.4. The molecule has 5 aromatic rings. The summed E-state index contributed by atoms with van der Waals surface area (Å²) in [6, 6.07) is 15.3. The summed E-state index contributed by atoms with van der Waals surface area (Å²) in [7, 11) is 2.15. The van der Waals surface area contributed by atoms with Crippen LogP contribution in [0.4, 0.5) is 17.3 Å². The van der Waals surface area contributed by atoms with Gasteiger partial charge in [0.25, 0.3) is 5.56 Å². The van der Waals surface area contributed by atoms with Gasteiger partial charge < -0.3 is 15.1 Å². The topological polar surface area (TPSA) is 105 Å². The van der Waals surface area contributed by atoms with Crippen molar-refractivity contribution in [2.45, 2.75) is 0 Å². The minimum Gasteiger partial charge on any atom is -0.369 e. The van der Waals surface area contributed by atoms with Crippen LogP contribution in [0, 0.1) is 0 Å². The zero-order chi connectivity index (χ0) is 26.1. The summed E-state index contributed by atoms with van der Waals surface area (Å²) in [6.45, 7) is 4.10. The van der Waals surface area contributed by atoms with E-state index >= 15 is 0 Å². The molecule has 0 amide bonds. The Morgan fingerprint density at radius 1 is 0.921 bits per heavy atom. The summed E-state index contributed by atoms with van der Waals surface area (Å²) < 4.78 is 1.24. The number of rotatable bonds is 5. The van der Waals surface area contributed by atoms with Gasteiger partial charge in [-0.1, -0.05) is 17.7 Å². The fourth-order valence-electron chi connectivity index (χ4n) is 4.41. The van der Waals surface area contributed by atoms with E-state index in [4.69, 9.17) is 11.6 Å². The van der Waals surface area contributed by atoms with Gasteiger partial charge in [0.2, 0.25) is 5.95 Å². The lowest BCUT2D eigenvalue weighted by Crippen LogP contribution is -2.44. The summed E-state index contributed by atoms with van der Waals surface area (Å²) in [5.41, 5.74) is 3.43. The number of nitrogens with zero attached hydrogens (tertiary/aromatic N) is 8. The number of piperazine rings is 1. The van der Waals surface area contributed by atoms with Crippen LogP contribution in [0.15, 0.2) is 78.1 Å².